The van der Waals surface area contributed by atoms with Gasteiger partial charge in [-0.15, -0.1) is 0 Å². The molecule has 2 aliphatic rings. The Morgan fingerprint density at radius 3 is 2.87 bits per heavy atom. The molecule has 0 radical (unpaired) electrons. The summed E-state index contributed by atoms with van der Waals surface area (Å²) in [6, 6.07) is 10.1. The molecule has 1 saturated heterocycles. The molecule has 3 aromatic rings. The van der Waals surface area contributed by atoms with Gasteiger partial charge in [-0.05, 0) is 69.2 Å². The molecule has 1 aliphatic heterocycles. The molecule has 1 fully saturated rings. The Morgan fingerprint density at radius 2 is 2.06 bits per heavy atom. The van der Waals surface area contributed by atoms with Gasteiger partial charge in [-0.2, -0.15) is 0 Å². The molecule has 2 atom stereocenters. The summed E-state index contributed by atoms with van der Waals surface area (Å²) in [5.74, 6) is -0.292. The van der Waals surface area contributed by atoms with Crippen LogP contribution >= 0.6 is 0 Å². The summed E-state index contributed by atoms with van der Waals surface area (Å²) in [6.45, 7) is 5.00. The average Bonchev–Trinajstić information content (AvgIpc) is 3.39. The first-order valence-electron chi connectivity index (χ1n) is 11.3. The average molecular weight is 420 g/mol. The molecule has 1 amide bonds. The number of aryl methyl sites for hydroxylation is 3. The number of hydrogen-bond donors (Lipinski definition) is 2. The minimum Gasteiger partial charge on any atom is -0.376 e. The largest absolute Gasteiger partial charge is 0.376 e. The number of carbonyl (C=O) groups excluding carboxylic acids is 1. The third-order valence-corrected chi connectivity index (χ3v) is 6.76. The molecule has 2 aromatic heterocycles. The number of nitrogens with one attached hydrogen (secondary N) is 2. The van der Waals surface area contributed by atoms with Gasteiger partial charge in [-0.25, -0.2) is 0 Å². The van der Waals surface area contributed by atoms with Crippen molar-refractivity contribution in [2.45, 2.75) is 64.6 Å². The smallest absolute Gasteiger partial charge is 0.263 e. The van der Waals surface area contributed by atoms with E-state index in [-0.39, 0.29) is 29.2 Å². The molecule has 162 valence electrons. The second-order valence-electron chi connectivity index (χ2n) is 8.88. The van der Waals surface area contributed by atoms with Crippen molar-refractivity contribution in [2.24, 2.45) is 0 Å². The molecule has 6 heteroatoms. The van der Waals surface area contributed by atoms with Crippen LogP contribution in [0.4, 0.5) is 0 Å². The highest BCUT2D eigenvalue weighted by Gasteiger charge is 2.28. The van der Waals surface area contributed by atoms with Crippen LogP contribution in [0.2, 0.25) is 0 Å². The number of H-pyrrole nitrogens is 1. The van der Waals surface area contributed by atoms with Crippen molar-refractivity contribution in [3.63, 3.8) is 0 Å². The predicted octanol–water partition coefficient (Wildman–Crippen LogP) is 3.93. The lowest BCUT2D eigenvalue weighted by molar-refractivity contribution is 0.0913. The summed E-state index contributed by atoms with van der Waals surface area (Å²) in [5, 5.41) is 4.38. The van der Waals surface area contributed by atoms with Crippen LogP contribution in [0.1, 0.15) is 64.6 Å². The second-order valence-corrected chi connectivity index (χ2v) is 8.88. The topological polar surface area (TPSA) is 76.1 Å². The number of carbonyl (C=O) groups is 1. The fourth-order valence-electron chi connectivity index (χ4n) is 5.21. The number of hydrogen-bond acceptors (Lipinski definition) is 3. The van der Waals surface area contributed by atoms with E-state index in [4.69, 9.17) is 4.74 Å². The van der Waals surface area contributed by atoms with Crippen molar-refractivity contribution in [3.05, 3.63) is 68.8 Å². The summed E-state index contributed by atoms with van der Waals surface area (Å²) in [4.78, 5) is 30.1. The number of ether oxygens (including phenoxy) is 1. The predicted molar refractivity (Wildman–Crippen MR) is 121 cm³/mol. The fourth-order valence-corrected chi connectivity index (χ4v) is 5.21. The number of pyridine rings is 1. The fraction of sp³-hybridized carbons (Fsp3) is 0.440. The van der Waals surface area contributed by atoms with E-state index in [1.165, 1.54) is 10.9 Å². The molecule has 0 unspecified atom stereocenters. The van der Waals surface area contributed by atoms with E-state index in [1.807, 2.05) is 32.0 Å². The molecular formula is C25H29N3O3. The highest BCUT2D eigenvalue weighted by molar-refractivity contribution is 5.96. The number of amides is 1. The maximum atomic E-state index is 13.3. The number of aromatic amines is 1. The second kappa shape index (κ2) is 8.00. The van der Waals surface area contributed by atoms with E-state index in [1.54, 1.807) is 4.57 Å². The van der Waals surface area contributed by atoms with Gasteiger partial charge >= 0.3 is 0 Å². The van der Waals surface area contributed by atoms with Crippen LogP contribution in [0.5, 0.6) is 0 Å². The molecule has 0 spiro atoms. The van der Waals surface area contributed by atoms with E-state index >= 15 is 0 Å². The first-order chi connectivity index (χ1) is 15.0. The molecule has 2 N–H and O–H groups in total. The maximum Gasteiger partial charge on any atom is 0.263 e. The first kappa shape index (κ1) is 20.1. The molecule has 31 heavy (non-hydrogen) atoms. The van der Waals surface area contributed by atoms with E-state index in [9.17, 15) is 9.59 Å². The van der Waals surface area contributed by atoms with Crippen molar-refractivity contribution < 1.29 is 9.53 Å². The van der Waals surface area contributed by atoms with Crippen LogP contribution in [0.25, 0.3) is 10.9 Å². The van der Waals surface area contributed by atoms with Gasteiger partial charge in [0.15, 0.2) is 0 Å². The number of rotatable bonds is 4. The van der Waals surface area contributed by atoms with E-state index in [2.05, 4.69) is 22.4 Å². The van der Waals surface area contributed by atoms with Crippen LogP contribution < -0.4 is 10.9 Å². The number of aromatic nitrogens is 2. The summed E-state index contributed by atoms with van der Waals surface area (Å²) in [5.41, 5.74) is 5.05. The zero-order valence-electron chi connectivity index (χ0n) is 18.2. The maximum absolute atomic E-state index is 13.3. The lowest BCUT2D eigenvalue weighted by Gasteiger charge is -2.24. The lowest BCUT2D eigenvalue weighted by atomic mass is 9.91. The Labute approximate surface area is 181 Å². The van der Waals surface area contributed by atoms with E-state index in [0.717, 1.165) is 61.2 Å². The van der Waals surface area contributed by atoms with Crippen LogP contribution in [0, 0.1) is 13.8 Å². The van der Waals surface area contributed by atoms with E-state index < -0.39 is 0 Å². The van der Waals surface area contributed by atoms with Crippen molar-refractivity contribution >= 4 is 16.8 Å². The van der Waals surface area contributed by atoms with Crippen molar-refractivity contribution in [3.8, 4) is 0 Å². The Morgan fingerprint density at radius 1 is 1.23 bits per heavy atom. The highest BCUT2D eigenvalue weighted by Crippen LogP contribution is 2.34. The van der Waals surface area contributed by atoms with E-state index in [0.29, 0.717) is 6.54 Å². The Kier molecular flexibility index (Phi) is 5.18. The normalized spacial score (nSPS) is 20.7. The molecule has 6 nitrogen and oxygen atoms in total. The number of benzene rings is 1. The first-order valence-corrected chi connectivity index (χ1v) is 11.3. The standard InChI is InChI=1S/C25H29N3O3/c1-15-13-16(2)28(14-17-7-6-12-31-17)25(30)22(15)24(29)27-21-11-5-9-19-18-8-3-4-10-20(18)26-23(19)21/h3-4,8,10,13,17,21,26H,5-7,9,11-12,14H2,1-2H3,(H,27,29)/t17-,21+/m0/s1. The van der Waals surface area contributed by atoms with Crippen LogP contribution in [-0.4, -0.2) is 28.2 Å². The van der Waals surface area contributed by atoms with Crippen molar-refractivity contribution in [1.29, 1.82) is 0 Å². The number of nitrogens with zero attached hydrogens (tertiary/aromatic N) is 1. The minimum atomic E-state index is -0.292. The quantitative estimate of drug-likeness (QED) is 0.673. The zero-order valence-corrected chi connectivity index (χ0v) is 18.2. The minimum absolute atomic E-state index is 0.0438. The lowest BCUT2D eigenvalue weighted by Crippen LogP contribution is -2.39. The van der Waals surface area contributed by atoms with Crippen molar-refractivity contribution in [1.82, 2.24) is 14.9 Å². The Hall–Kier alpha value is -2.86. The van der Waals surface area contributed by atoms with Gasteiger partial charge < -0.3 is 19.6 Å². The molecular weight excluding hydrogens is 390 g/mol. The Bertz CT molecular complexity index is 1200. The van der Waals surface area contributed by atoms with Crippen LogP contribution in [0.15, 0.2) is 35.1 Å². The molecule has 1 aromatic carbocycles. The van der Waals surface area contributed by atoms with Gasteiger partial charge in [0, 0.05) is 28.9 Å². The summed E-state index contributed by atoms with van der Waals surface area (Å²) < 4.78 is 7.42. The van der Waals surface area contributed by atoms with Crippen LogP contribution in [0.3, 0.4) is 0 Å². The Balaban J connectivity index is 1.46. The molecule has 5 rings (SSSR count). The highest BCUT2D eigenvalue weighted by atomic mass is 16.5. The number of para-hydroxylation sites is 1. The zero-order chi connectivity index (χ0) is 21.5. The van der Waals surface area contributed by atoms with Gasteiger partial charge in [-0.3, -0.25) is 9.59 Å². The molecule has 0 saturated carbocycles. The monoisotopic (exact) mass is 419 g/mol. The van der Waals surface area contributed by atoms with Gasteiger partial charge in [0.1, 0.15) is 5.56 Å². The van der Waals surface area contributed by atoms with Gasteiger partial charge in [0.2, 0.25) is 0 Å². The molecule has 1 aliphatic carbocycles. The number of fused-ring (bicyclic) bond motifs is 3. The summed E-state index contributed by atoms with van der Waals surface area (Å²) in [6.07, 6.45) is 4.89. The van der Waals surface area contributed by atoms with Crippen LogP contribution in [-0.2, 0) is 17.7 Å². The summed E-state index contributed by atoms with van der Waals surface area (Å²) >= 11 is 0. The molecule has 0 bridgehead atoms. The SMILES string of the molecule is Cc1cc(C)n(C[C@@H]2CCCO2)c(=O)c1C(=O)N[C@@H]1CCCc2c1[nH]c1ccccc21. The third kappa shape index (κ3) is 3.59. The third-order valence-electron chi connectivity index (χ3n) is 6.76. The van der Waals surface area contributed by atoms with Gasteiger partial charge in [0.25, 0.3) is 11.5 Å². The van der Waals surface area contributed by atoms with Gasteiger partial charge in [0.05, 0.1) is 18.7 Å². The summed E-state index contributed by atoms with van der Waals surface area (Å²) in [7, 11) is 0. The van der Waals surface area contributed by atoms with Crippen molar-refractivity contribution in [2.75, 3.05) is 6.61 Å². The molecule has 3 heterocycles. The van der Waals surface area contributed by atoms with Gasteiger partial charge in [-0.1, -0.05) is 18.2 Å².